The van der Waals surface area contributed by atoms with Crippen molar-refractivity contribution in [1.82, 2.24) is 9.80 Å². The highest BCUT2D eigenvalue weighted by Crippen LogP contribution is 2.30. The van der Waals surface area contributed by atoms with Crippen LogP contribution >= 0.6 is 0 Å². The van der Waals surface area contributed by atoms with E-state index in [0.717, 1.165) is 30.8 Å². The van der Waals surface area contributed by atoms with Crippen molar-refractivity contribution in [1.29, 1.82) is 0 Å². The Bertz CT molecular complexity index is 1150. The van der Waals surface area contributed by atoms with Crippen molar-refractivity contribution in [2.45, 2.75) is 23.1 Å². The molecule has 0 radical (unpaired) electrons. The number of benzene rings is 2. The SMILES string of the molecule is Cc1ccc(S(=O)(=O)[C@H]2CS(=O)(=O)C[C@@H]2N2CCN(C/C=C/c3ccccc3)CC2)cc1. The Morgan fingerprint density at radius 1 is 0.938 bits per heavy atom. The molecule has 4 rings (SSSR count). The average Bonchev–Trinajstić information content (AvgIpc) is 3.12. The van der Waals surface area contributed by atoms with Gasteiger partial charge in [0.1, 0.15) is 0 Å². The molecular formula is C24H30N2O4S2. The summed E-state index contributed by atoms with van der Waals surface area (Å²) in [5.74, 6) is -0.384. The lowest BCUT2D eigenvalue weighted by Gasteiger charge is -2.39. The Balaban J connectivity index is 1.42. The molecule has 2 aliphatic rings. The number of sulfone groups is 2. The maximum absolute atomic E-state index is 13.3. The third kappa shape index (κ3) is 5.31. The zero-order valence-electron chi connectivity index (χ0n) is 18.3. The predicted molar refractivity (Wildman–Crippen MR) is 128 cm³/mol. The highest BCUT2D eigenvalue weighted by molar-refractivity contribution is 7.96. The van der Waals surface area contributed by atoms with Gasteiger partial charge in [-0.05, 0) is 24.6 Å². The molecule has 2 heterocycles. The molecule has 0 unspecified atom stereocenters. The molecule has 0 aliphatic carbocycles. The first-order valence-corrected chi connectivity index (χ1v) is 14.3. The number of piperazine rings is 1. The average molecular weight is 475 g/mol. The largest absolute Gasteiger partial charge is 0.297 e. The molecule has 0 saturated carbocycles. The number of aryl methyl sites for hydroxylation is 1. The molecule has 2 aromatic rings. The molecule has 0 bridgehead atoms. The van der Waals surface area contributed by atoms with Gasteiger partial charge in [-0.1, -0.05) is 60.2 Å². The second-order valence-corrected chi connectivity index (χ2v) is 13.0. The van der Waals surface area contributed by atoms with E-state index in [2.05, 4.69) is 34.1 Å². The zero-order valence-corrected chi connectivity index (χ0v) is 19.9. The van der Waals surface area contributed by atoms with Crippen LogP contribution in [0.2, 0.25) is 0 Å². The minimum atomic E-state index is -3.73. The normalized spacial score (nSPS) is 24.8. The molecule has 172 valence electrons. The van der Waals surface area contributed by atoms with E-state index in [-0.39, 0.29) is 16.4 Å². The van der Waals surface area contributed by atoms with Crippen molar-refractivity contribution in [3.63, 3.8) is 0 Å². The van der Waals surface area contributed by atoms with E-state index in [1.54, 1.807) is 24.3 Å². The monoisotopic (exact) mass is 474 g/mol. The van der Waals surface area contributed by atoms with Crippen LogP contribution in [0.25, 0.3) is 6.08 Å². The highest BCUT2D eigenvalue weighted by atomic mass is 32.2. The third-order valence-electron chi connectivity index (χ3n) is 6.37. The van der Waals surface area contributed by atoms with Crippen LogP contribution in [0.15, 0.2) is 65.6 Å². The van der Waals surface area contributed by atoms with Crippen molar-refractivity contribution in [2.75, 3.05) is 44.2 Å². The summed E-state index contributed by atoms with van der Waals surface area (Å²) in [6, 6.07) is 16.3. The van der Waals surface area contributed by atoms with Gasteiger partial charge in [0.15, 0.2) is 19.7 Å². The summed E-state index contributed by atoms with van der Waals surface area (Å²) < 4.78 is 51.5. The number of rotatable bonds is 6. The Morgan fingerprint density at radius 3 is 2.25 bits per heavy atom. The van der Waals surface area contributed by atoms with Crippen LogP contribution < -0.4 is 0 Å². The topological polar surface area (TPSA) is 74.8 Å². The van der Waals surface area contributed by atoms with E-state index >= 15 is 0 Å². The molecule has 2 aliphatic heterocycles. The maximum Gasteiger partial charge on any atom is 0.183 e. The molecule has 0 spiro atoms. The first-order valence-electron chi connectivity index (χ1n) is 10.9. The maximum atomic E-state index is 13.3. The van der Waals surface area contributed by atoms with Crippen molar-refractivity contribution >= 4 is 25.8 Å². The van der Waals surface area contributed by atoms with Gasteiger partial charge in [0.05, 0.1) is 21.7 Å². The van der Waals surface area contributed by atoms with Crippen molar-refractivity contribution in [3.05, 3.63) is 71.8 Å². The van der Waals surface area contributed by atoms with Crippen LogP contribution in [-0.4, -0.2) is 82.2 Å². The van der Waals surface area contributed by atoms with Gasteiger partial charge in [0.2, 0.25) is 0 Å². The van der Waals surface area contributed by atoms with E-state index in [0.29, 0.717) is 13.1 Å². The summed E-state index contributed by atoms with van der Waals surface area (Å²) in [4.78, 5) is 4.58. The number of hydrogen-bond donors (Lipinski definition) is 0. The first kappa shape index (κ1) is 23.2. The number of nitrogens with zero attached hydrogens (tertiary/aromatic N) is 2. The van der Waals surface area contributed by atoms with Crippen LogP contribution in [0.4, 0.5) is 0 Å². The summed E-state index contributed by atoms with van der Waals surface area (Å²) >= 11 is 0. The molecule has 8 heteroatoms. The van der Waals surface area contributed by atoms with E-state index in [9.17, 15) is 16.8 Å². The molecule has 0 aromatic heterocycles. The van der Waals surface area contributed by atoms with Crippen LogP contribution in [0, 0.1) is 6.92 Å². The van der Waals surface area contributed by atoms with Crippen LogP contribution in [-0.2, 0) is 19.7 Å². The second-order valence-electron chi connectivity index (χ2n) is 8.69. The molecule has 2 atom stereocenters. The predicted octanol–water partition coefficient (Wildman–Crippen LogP) is 2.27. The molecule has 0 N–H and O–H groups in total. The lowest BCUT2D eigenvalue weighted by atomic mass is 10.1. The molecular weight excluding hydrogens is 444 g/mol. The third-order valence-corrected chi connectivity index (χ3v) is 10.5. The summed E-state index contributed by atoms with van der Waals surface area (Å²) in [5.41, 5.74) is 2.13. The van der Waals surface area contributed by atoms with Gasteiger partial charge in [0, 0.05) is 38.8 Å². The van der Waals surface area contributed by atoms with Gasteiger partial charge in [-0.3, -0.25) is 9.80 Å². The van der Waals surface area contributed by atoms with Crippen molar-refractivity contribution in [3.8, 4) is 0 Å². The number of hydrogen-bond acceptors (Lipinski definition) is 6. The Kier molecular flexibility index (Phi) is 6.86. The fourth-order valence-electron chi connectivity index (χ4n) is 4.52. The molecule has 2 saturated heterocycles. The van der Waals surface area contributed by atoms with Gasteiger partial charge < -0.3 is 0 Å². The quantitative estimate of drug-likeness (QED) is 0.639. The standard InChI is InChI=1S/C24H30N2O4S2/c1-20-9-11-22(12-10-20)32(29,30)24-19-31(27,28)18-23(24)26-16-14-25(15-17-26)13-5-8-21-6-3-2-4-7-21/h2-12,23-24H,13-19H2,1H3/b8-5+/t23-,24-/m0/s1. The fraction of sp³-hybridized carbons (Fsp3) is 0.417. The smallest absolute Gasteiger partial charge is 0.183 e. The lowest BCUT2D eigenvalue weighted by molar-refractivity contribution is 0.113. The summed E-state index contributed by atoms with van der Waals surface area (Å²) in [7, 11) is -7.13. The molecule has 2 fully saturated rings. The molecule has 0 amide bonds. The van der Waals surface area contributed by atoms with Crippen LogP contribution in [0.3, 0.4) is 0 Å². The first-order chi connectivity index (χ1) is 15.2. The van der Waals surface area contributed by atoms with Gasteiger partial charge in [-0.15, -0.1) is 0 Å². The van der Waals surface area contributed by atoms with Crippen LogP contribution in [0.5, 0.6) is 0 Å². The minimum absolute atomic E-state index is 0.0866. The Hall–Kier alpha value is -2.00. The summed E-state index contributed by atoms with van der Waals surface area (Å²) in [6.07, 6.45) is 4.23. The summed E-state index contributed by atoms with van der Waals surface area (Å²) in [6.45, 7) is 5.61. The molecule has 6 nitrogen and oxygen atoms in total. The van der Waals surface area contributed by atoms with Gasteiger partial charge in [-0.2, -0.15) is 0 Å². The second kappa shape index (κ2) is 9.47. The Morgan fingerprint density at radius 2 is 1.59 bits per heavy atom. The van der Waals surface area contributed by atoms with E-state index < -0.39 is 31.0 Å². The van der Waals surface area contributed by atoms with Gasteiger partial charge in [0.25, 0.3) is 0 Å². The lowest BCUT2D eigenvalue weighted by Crippen LogP contribution is -2.54. The summed E-state index contributed by atoms with van der Waals surface area (Å²) in [5, 5.41) is -0.917. The van der Waals surface area contributed by atoms with Gasteiger partial charge >= 0.3 is 0 Å². The Labute approximate surface area is 191 Å². The van der Waals surface area contributed by atoms with E-state index in [1.807, 2.05) is 25.1 Å². The van der Waals surface area contributed by atoms with Crippen molar-refractivity contribution < 1.29 is 16.8 Å². The van der Waals surface area contributed by atoms with Gasteiger partial charge in [-0.25, -0.2) is 16.8 Å². The van der Waals surface area contributed by atoms with E-state index in [4.69, 9.17) is 0 Å². The highest BCUT2D eigenvalue weighted by Gasteiger charge is 2.48. The zero-order chi connectivity index (χ0) is 22.8. The van der Waals surface area contributed by atoms with Crippen molar-refractivity contribution in [2.24, 2.45) is 0 Å². The fourth-order valence-corrected chi connectivity index (χ4v) is 9.35. The molecule has 32 heavy (non-hydrogen) atoms. The molecule has 2 aromatic carbocycles. The van der Waals surface area contributed by atoms with Crippen LogP contribution in [0.1, 0.15) is 11.1 Å². The minimum Gasteiger partial charge on any atom is -0.297 e. The van der Waals surface area contributed by atoms with E-state index in [1.165, 1.54) is 0 Å².